The van der Waals surface area contributed by atoms with Gasteiger partial charge in [-0.15, -0.1) is 0 Å². The third-order valence-corrected chi connectivity index (χ3v) is 2.31. The van der Waals surface area contributed by atoms with Crippen molar-refractivity contribution in [2.75, 3.05) is 26.9 Å². The molecule has 0 spiro atoms. The van der Waals surface area contributed by atoms with Gasteiger partial charge in [-0.1, -0.05) is 0 Å². The molecule has 1 rings (SSSR count). The van der Waals surface area contributed by atoms with Gasteiger partial charge in [-0.3, -0.25) is 0 Å². The molecule has 0 radical (unpaired) electrons. The van der Waals surface area contributed by atoms with Crippen molar-refractivity contribution in [3.8, 4) is 11.5 Å². The molecule has 0 amide bonds. The van der Waals surface area contributed by atoms with Gasteiger partial charge in [-0.25, -0.2) is 4.79 Å². The van der Waals surface area contributed by atoms with E-state index in [0.717, 1.165) is 0 Å². The lowest BCUT2D eigenvalue weighted by Gasteiger charge is -2.10. The number of carboxylic acids is 1. The van der Waals surface area contributed by atoms with E-state index in [1.165, 1.54) is 13.2 Å². The summed E-state index contributed by atoms with van der Waals surface area (Å²) in [7, 11) is 1.52. The van der Waals surface area contributed by atoms with Crippen molar-refractivity contribution >= 4 is 5.97 Å². The maximum absolute atomic E-state index is 11.0. The molecule has 0 atom stereocenters. The molecule has 100 valence electrons. The molecule has 1 N–H and O–H groups in total. The number of aromatic carboxylic acids is 1. The number of benzene rings is 1. The van der Waals surface area contributed by atoms with Crippen molar-refractivity contribution in [1.29, 1.82) is 0 Å². The quantitative estimate of drug-likeness (QED) is 0.720. The number of rotatable bonds is 8. The second-order valence-corrected chi connectivity index (χ2v) is 3.57. The minimum Gasteiger partial charge on any atom is -0.497 e. The molecule has 0 heterocycles. The van der Waals surface area contributed by atoms with Gasteiger partial charge < -0.3 is 19.3 Å². The molecule has 5 nitrogen and oxygen atoms in total. The molecule has 0 saturated heterocycles. The molecule has 0 saturated carbocycles. The van der Waals surface area contributed by atoms with Crippen LogP contribution in [0.5, 0.6) is 11.5 Å². The smallest absolute Gasteiger partial charge is 0.339 e. The van der Waals surface area contributed by atoms with Gasteiger partial charge in [-0.05, 0) is 19.1 Å². The van der Waals surface area contributed by atoms with Crippen molar-refractivity contribution in [2.45, 2.75) is 13.3 Å². The van der Waals surface area contributed by atoms with E-state index in [-0.39, 0.29) is 5.56 Å². The highest BCUT2D eigenvalue weighted by Crippen LogP contribution is 2.24. The first-order chi connectivity index (χ1) is 8.69. The fraction of sp³-hybridized carbons (Fsp3) is 0.462. The van der Waals surface area contributed by atoms with Gasteiger partial charge in [0.15, 0.2) is 0 Å². The average molecular weight is 254 g/mol. The lowest BCUT2D eigenvalue weighted by Crippen LogP contribution is -2.07. The first-order valence-corrected chi connectivity index (χ1v) is 5.81. The van der Waals surface area contributed by atoms with Crippen LogP contribution in [0.1, 0.15) is 23.7 Å². The summed E-state index contributed by atoms with van der Waals surface area (Å²) < 4.78 is 15.7. The van der Waals surface area contributed by atoms with Crippen molar-refractivity contribution in [1.82, 2.24) is 0 Å². The number of carboxylic acid groups (broad SMARTS) is 1. The zero-order valence-corrected chi connectivity index (χ0v) is 10.6. The number of carbonyl (C=O) groups is 1. The topological polar surface area (TPSA) is 65.0 Å². The molecule has 0 fully saturated rings. The summed E-state index contributed by atoms with van der Waals surface area (Å²) in [5.74, 6) is -0.129. The van der Waals surface area contributed by atoms with Gasteiger partial charge in [0.05, 0.1) is 13.7 Å². The molecule has 0 bridgehead atoms. The number of ether oxygens (including phenoxy) is 3. The zero-order chi connectivity index (χ0) is 13.4. The zero-order valence-electron chi connectivity index (χ0n) is 10.6. The Hall–Kier alpha value is -1.75. The molecule has 0 aliphatic heterocycles. The van der Waals surface area contributed by atoms with Gasteiger partial charge in [-0.2, -0.15) is 0 Å². The summed E-state index contributed by atoms with van der Waals surface area (Å²) in [6.07, 6.45) is 0.712. The lowest BCUT2D eigenvalue weighted by molar-refractivity contribution is 0.0691. The SMILES string of the molecule is CCOCCCOc1cc(OC)ccc1C(=O)O. The predicted molar refractivity (Wildman–Crippen MR) is 66.6 cm³/mol. The summed E-state index contributed by atoms with van der Waals surface area (Å²) in [6, 6.07) is 4.64. The molecular weight excluding hydrogens is 236 g/mol. The van der Waals surface area contributed by atoms with Crippen LogP contribution in [0, 0.1) is 0 Å². The Morgan fingerprint density at radius 3 is 2.72 bits per heavy atom. The summed E-state index contributed by atoms with van der Waals surface area (Å²) in [5.41, 5.74) is 0.132. The fourth-order valence-corrected chi connectivity index (χ4v) is 1.41. The Morgan fingerprint density at radius 1 is 1.33 bits per heavy atom. The number of hydrogen-bond donors (Lipinski definition) is 1. The maximum Gasteiger partial charge on any atom is 0.339 e. The number of hydrogen-bond acceptors (Lipinski definition) is 4. The molecule has 0 aliphatic carbocycles. The fourth-order valence-electron chi connectivity index (χ4n) is 1.41. The second kappa shape index (κ2) is 7.55. The normalized spacial score (nSPS) is 10.1. The highest BCUT2D eigenvalue weighted by molar-refractivity contribution is 5.91. The monoisotopic (exact) mass is 254 g/mol. The van der Waals surface area contributed by atoms with Gasteiger partial charge >= 0.3 is 5.97 Å². The van der Waals surface area contributed by atoms with Crippen LogP contribution in [0.3, 0.4) is 0 Å². The van der Waals surface area contributed by atoms with Crippen LogP contribution in [0.4, 0.5) is 0 Å². The standard InChI is InChI=1S/C13H18O5/c1-3-17-7-4-8-18-12-9-10(16-2)5-6-11(12)13(14)15/h5-6,9H,3-4,7-8H2,1-2H3,(H,14,15). The molecule has 1 aromatic carbocycles. The molecule has 18 heavy (non-hydrogen) atoms. The Labute approximate surface area is 106 Å². The van der Waals surface area contributed by atoms with Crippen LogP contribution in [-0.4, -0.2) is 38.0 Å². The lowest BCUT2D eigenvalue weighted by atomic mass is 10.2. The van der Waals surface area contributed by atoms with Gasteiger partial charge in [0, 0.05) is 25.7 Å². The first kappa shape index (κ1) is 14.3. The molecule has 0 aromatic heterocycles. The van der Waals surface area contributed by atoms with Crippen LogP contribution >= 0.6 is 0 Å². The minimum atomic E-state index is -1.02. The van der Waals surface area contributed by atoms with Crippen molar-refractivity contribution < 1.29 is 24.1 Å². The largest absolute Gasteiger partial charge is 0.497 e. The van der Waals surface area contributed by atoms with Crippen LogP contribution in [0.15, 0.2) is 18.2 Å². The summed E-state index contributed by atoms with van der Waals surface area (Å²) >= 11 is 0. The molecule has 1 aromatic rings. The van der Waals surface area contributed by atoms with Gasteiger partial charge in [0.25, 0.3) is 0 Å². The van der Waals surface area contributed by atoms with Crippen molar-refractivity contribution in [3.05, 3.63) is 23.8 Å². The molecule has 0 aliphatic rings. The van der Waals surface area contributed by atoms with E-state index < -0.39 is 5.97 Å². The minimum absolute atomic E-state index is 0.132. The Morgan fingerprint density at radius 2 is 2.11 bits per heavy atom. The molecule has 0 unspecified atom stereocenters. The highest BCUT2D eigenvalue weighted by atomic mass is 16.5. The van der Waals surface area contributed by atoms with Crippen molar-refractivity contribution in [3.63, 3.8) is 0 Å². The third-order valence-electron chi connectivity index (χ3n) is 2.31. The van der Waals surface area contributed by atoms with E-state index in [0.29, 0.717) is 37.7 Å². The van der Waals surface area contributed by atoms with E-state index in [1.807, 2.05) is 6.92 Å². The van der Waals surface area contributed by atoms with Gasteiger partial charge in [0.1, 0.15) is 17.1 Å². The maximum atomic E-state index is 11.0. The van der Waals surface area contributed by atoms with E-state index in [4.69, 9.17) is 19.3 Å². The Bertz CT molecular complexity index is 389. The van der Waals surface area contributed by atoms with E-state index in [9.17, 15) is 4.79 Å². The van der Waals surface area contributed by atoms with Gasteiger partial charge in [0.2, 0.25) is 0 Å². The highest BCUT2D eigenvalue weighted by Gasteiger charge is 2.12. The van der Waals surface area contributed by atoms with E-state index >= 15 is 0 Å². The Kier molecular flexibility index (Phi) is 6.00. The van der Waals surface area contributed by atoms with Crippen molar-refractivity contribution in [2.24, 2.45) is 0 Å². The summed E-state index contributed by atoms with van der Waals surface area (Å²) in [5, 5.41) is 9.02. The second-order valence-electron chi connectivity index (χ2n) is 3.57. The summed E-state index contributed by atoms with van der Waals surface area (Å²) in [4.78, 5) is 11.0. The van der Waals surface area contributed by atoms with Crippen LogP contribution in [0.2, 0.25) is 0 Å². The molecule has 5 heteroatoms. The number of methoxy groups -OCH3 is 1. The van der Waals surface area contributed by atoms with Crippen LogP contribution in [-0.2, 0) is 4.74 Å². The van der Waals surface area contributed by atoms with Crippen LogP contribution < -0.4 is 9.47 Å². The average Bonchev–Trinajstić information content (AvgIpc) is 2.38. The van der Waals surface area contributed by atoms with E-state index in [2.05, 4.69) is 0 Å². The molecular formula is C13H18O5. The van der Waals surface area contributed by atoms with E-state index in [1.54, 1.807) is 12.1 Å². The summed E-state index contributed by atoms with van der Waals surface area (Å²) in [6.45, 7) is 3.60. The first-order valence-electron chi connectivity index (χ1n) is 5.81. The predicted octanol–water partition coefficient (Wildman–Crippen LogP) is 2.20. The third kappa shape index (κ3) is 4.25. The Balaban J connectivity index is 2.63. The van der Waals surface area contributed by atoms with Crippen LogP contribution in [0.25, 0.3) is 0 Å².